The van der Waals surface area contributed by atoms with Gasteiger partial charge in [-0.3, -0.25) is 4.79 Å². The lowest BCUT2D eigenvalue weighted by molar-refractivity contribution is -0.139. The van der Waals surface area contributed by atoms with Crippen LogP contribution < -0.4 is 9.47 Å². The first-order chi connectivity index (χ1) is 18.0. The summed E-state index contributed by atoms with van der Waals surface area (Å²) in [7, 11) is 0. The lowest BCUT2D eigenvalue weighted by Gasteiger charge is -2.19. The molecule has 4 rings (SSSR count). The molecular formula is C30H26Cl2O5. The number of ether oxygens (including phenoxy) is 2. The minimum absolute atomic E-state index is 0.217. The van der Waals surface area contributed by atoms with Gasteiger partial charge in [0.25, 0.3) is 0 Å². The maximum atomic E-state index is 11.8. The number of carboxylic acids is 1. The summed E-state index contributed by atoms with van der Waals surface area (Å²) in [6, 6.07) is 27.7. The molecule has 4 aromatic rings. The summed E-state index contributed by atoms with van der Waals surface area (Å²) < 4.78 is 12.5. The second kappa shape index (κ2) is 12.6. The molecule has 0 aromatic heterocycles. The Labute approximate surface area is 225 Å². The average molecular weight is 537 g/mol. The minimum Gasteiger partial charge on any atom is -0.485 e. The largest absolute Gasteiger partial charge is 0.485 e. The number of rotatable bonds is 11. The number of benzene rings is 4. The minimum atomic E-state index is -1.08. The molecule has 1 atom stereocenters. The van der Waals surface area contributed by atoms with Gasteiger partial charge in [-0.1, -0.05) is 96.0 Å². The molecule has 0 aliphatic carbocycles. The van der Waals surface area contributed by atoms with E-state index in [-0.39, 0.29) is 13.2 Å². The van der Waals surface area contributed by atoms with E-state index in [9.17, 15) is 15.0 Å². The van der Waals surface area contributed by atoms with Crippen molar-refractivity contribution in [2.75, 3.05) is 6.61 Å². The third-order valence-corrected chi connectivity index (χ3v) is 6.76. The Hall–Kier alpha value is -3.51. The van der Waals surface area contributed by atoms with Gasteiger partial charge in [-0.15, -0.1) is 0 Å². The predicted molar refractivity (Wildman–Crippen MR) is 145 cm³/mol. The maximum absolute atomic E-state index is 11.8. The fraction of sp³-hybridized carbons (Fsp3) is 0.167. The Morgan fingerprint density at radius 3 is 1.84 bits per heavy atom. The second-order valence-corrected chi connectivity index (χ2v) is 9.27. The SMILES string of the molecule is O=C(O)C(CO)c1ccccc1Cc1cccc(OCc2ccccc2Cl)c1OCc1ccccc1Cl. The fourth-order valence-electron chi connectivity index (χ4n) is 4.06. The monoisotopic (exact) mass is 536 g/mol. The van der Waals surface area contributed by atoms with E-state index < -0.39 is 18.5 Å². The first-order valence-electron chi connectivity index (χ1n) is 11.7. The van der Waals surface area contributed by atoms with Gasteiger partial charge in [0.1, 0.15) is 19.1 Å². The summed E-state index contributed by atoms with van der Waals surface area (Å²) in [5, 5.41) is 20.6. The van der Waals surface area contributed by atoms with Crippen LogP contribution in [0.25, 0.3) is 0 Å². The molecule has 4 aromatic carbocycles. The summed E-state index contributed by atoms with van der Waals surface area (Å²) in [5.41, 5.74) is 3.79. The lowest BCUT2D eigenvalue weighted by Crippen LogP contribution is -2.17. The Morgan fingerprint density at radius 1 is 0.703 bits per heavy atom. The molecule has 0 saturated carbocycles. The molecule has 0 amide bonds. The molecule has 2 N–H and O–H groups in total. The Balaban J connectivity index is 1.69. The van der Waals surface area contributed by atoms with Crippen molar-refractivity contribution < 1.29 is 24.5 Å². The standard InChI is InChI=1S/C30H26Cl2O5/c31-26-13-5-2-9-22(26)18-36-28-15-7-11-21(29(28)37-19-23-10-3-6-14-27(23)32)16-20-8-1-4-12-24(20)25(17-33)30(34)35/h1-15,25,33H,16-19H2,(H,34,35). The van der Waals surface area contributed by atoms with E-state index >= 15 is 0 Å². The van der Waals surface area contributed by atoms with Crippen LogP contribution in [0.5, 0.6) is 11.5 Å². The van der Waals surface area contributed by atoms with Crippen molar-refractivity contribution in [3.05, 3.63) is 129 Å². The van der Waals surface area contributed by atoms with Crippen LogP contribution in [0.3, 0.4) is 0 Å². The molecule has 0 bridgehead atoms. The van der Waals surface area contributed by atoms with Gasteiger partial charge in [0, 0.05) is 33.2 Å². The Bertz CT molecular complexity index is 1370. The third kappa shape index (κ3) is 6.63. The summed E-state index contributed by atoms with van der Waals surface area (Å²) in [4.78, 5) is 11.8. The predicted octanol–water partition coefficient (Wildman–Crippen LogP) is 6.90. The first-order valence-corrected chi connectivity index (χ1v) is 12.5. The molecule has 0 aliphatic rings. The van der Waals surface area contributed by atoms with Crippen LogP contribution in [0.2, 0.25) is 10.0 Å². The maximum Gasteiger partial charge on any atom is 0.313 e. The van der Waals surface area contributed by atoms with Gasteiger partial charge in [-0.2, -0.15) is 0 Å². The van der Waals surface area contributed by atoms with Crippen LogP contribution in [0.4, 0.5) is 0 Å². The number of para-hydroxylation sites is 1. The number of hydrogen-bond donors (Lipinski definition) is 2. The van der Waals surface area contributed by atoms with E-state index in [0.717, 1.165) is 22.3 Å². The van der Waals surface area contributed by atoms with Crippen molar-refractivity contribution in [1.29, 1.82) is 0 Å². The number of hydrogen-bond acceptors (Lipinski definition) is 4. The molecule has 190 valence electrons. The number of aliphatic hydroxyl groups is 1. The van der Waals surface area contributed by atoms with Crippen LogP contribution >= 0.6 is 23.2 Å². The highest BCUT2D eigenvalue weighted by Crippen LogP contribution is 2.36. The lowest BCUT2D eigenvalue weighted by atomic mass is 9.91. The number of carboxylic acid groups (broad SMARTS) is 1. The molecule has 37 heavy (non-hydrogen) atoms. The molecular weight excluding hydrogens is 511 g/mol. The number of aliphatic hydroxyl groups excluding tert-OH is 1. The molecule has 0 aliphatic heterocycles. The van der Waals surface area contributed by atoms with Crippen molar-refractivity contribution >= 4 is 29.2 Å². The number of carbonyl (C=O) groups is 1. The van der Waals surface area contributed by atoms with Gasteiger partial charge in [0.2, 0.25) is 0 Å². The highest BCUT2D eigenvalue weighted by molar-refractivity contribution is 6.31. The van der Waals surface area contributed by atoms with Gasteiger partial charge in [-0.25, -0.2) is 0 Å². The van der Waals surface area contributed by atoms with E-state index in [0.29, 0.717) is 33.5 Å². The zero-order chi connectivity index (χ0) is 26.2. The van der Waals surface area contributed by atoms with Crippen LogP contribution in [0.15, 0.2) is 91.0 Å². The number of halogens is 2. The van der Waals surface area contributed by atoms with E-state index in [2.05, 4.69) is 0 Å². The van der Waals surface area contributed by atoms with Crippen molar-refractivity contribution in [3.63, 3.8) is 0 Å². The highest BCUT2D eigenvalue weighted by Gasteiger charge is 2.23. The van der Waals surface area contributed by atoms with E-state index in [1.165, 1.54) is 0 Å². The first kappa shape index (κ1) is 26.6. The molecule has 0 fully saturated rings. The molecule has 0 spiro atoms. The van der Waals surface area contributed by atoms with Crippen molar-refractivity contribution in [2.24, 2.45) is 0 Å². The quantitative estimate of drug-likeness (QED) is 0.218. The van der Waals surface area contributed by atoms with Crippen LogP contribution in [0, 0.1) is 0 Å². The normalized spacial score (nSPS) is 11.6. The van der Waals surface area contributed by atoms with E-state index in [1.807, 2.05) is 72.8 Å². The molecule has 0 saturated heterocycles. The summed E-state index contributed by atoms with van der Waals surface area (Å²) in [5.74, 6) is -1.05. The smallest absolute Gasteiger partial charge is 0.313 e. The fourth-order valence-corrected chi connectivity index (χ4v) is 4.44. The van der Waals surface area contributed by atoms with Gasteiger partial charge >= 0.3 is 5.97 Å². The zero-order valence-corrected chi connectivity index (χ0v) is 21.5. The van der Waals surface area contributed by atoms with Gasteiger partial charge in [0.15, 0.2) is 11.5 Å². The zero-order valence-electron chi connectivity index (χ0n) is 19.9. The van der Waals surface area contributed by atoms with Gasteiger partial charge in [0.05, 0.1) is 6.61 Å². The van der Waals surface area contributed by atoms with Crippen LogP contribution in [0.1, 0.15) is 33.7 Å². The Morgan fingerprint density at radius 2 is 1.24 bits per heavy atom. The topological polar surface area (TPSA) is 76.0 Å². The summed E-state index contributed by atoms with van der Waals surface area (Å²) in [6.45, 7) is -0.0356. The van der Waals surface area contributed by atoms with Crippen molar-refractivity contribution in [2.45, 2.75) is 25.6 Å². The highest BCUT2D eigenvalue weighted by atomic mass is 35.5. The molecule has 5 nitrogen and oxygen atoms in total. The van der Waals surface area contributed by atoms with Gasteiger partial charge in [-0.05, 0) is 29.3 Å². The second-order valence-electron chi connectivity index (χ2n) is 8.45. The molecule has 0 heterocycles. The Kier molecular flexibility index (Phi) is 9.07. The third-order valence-electron chi connectivity index (χ3n) is 6.02. The van der Waals surface area contributed by atoms with Crippen LogP contribution in [-0.2, 0) is 24.4 Å². The van der Waals surface area contributed by atoms with E-state index in [4.69, 9.17) is 32.7 Å². The molecule has 7 heteroatoms. The summed E-state index contributed by atoms with van der Waals surface area (Å²) in [6.07, 6.45) is 0.376. The van der Waals surface area contributed by atoms with Crippen molar-refractivity contribution in [3.8, 4) is 11.5 Å². The molecule has 0 radical (unpaired) electrons. The number of aliphatic carboxylic acids is 1. The summed E-state index contributed by atoms with van der Waals surface area (Å²) >= 11 is 12.7. The average Bonchev–Trinajstić information content (AvgIpc) is 2.89. The van der Waals surface area contributed by atoms with Crippen molar-refractivity contribution in [1.82, 2.24) is 0 Å². The van der Waals surface area contributed by atoms with Crippen LogP contribution in [-0.4, -0.2) is 22.8 Å². The van der Waals surface area contributed by atoms with Gasteiger partial charge < -0.3 is 19.7 Å². The van der Waals surface area contributed by atoms with E-state index in [1.54, 1.807) is 18.2 Å². The molecule has 1 unspecified atom stereocenters.